The lowest BCUT2D eigenvalue weighted by Gasteiger charge is -2.00. The Morgan fingerprint density at radius 1 is 1.40 bits per heavy atom. The van der Waals surface area contributed by atoms with Gasteiger partial charge in [-0.15, -0.1) is 5.10 Å². The molecule has 0 aliphatic rings. The van der Waals surface area contributed by atoms with Crippen LogP contribution in [0.25, 0.3) is 0 Å². The quantitative estimate of drug-likeness (QED) is 0.775. The average Bonchev–Trinajstić information content (AvgIpc) is 2.86. The van der Waals surface area contributed by atoms with E-state index in [4.69, 9.17) is 5.73 Å². The van der Waals surface area contributed by atoms with Gasteiger partial charge in [0.15, 0.2) is 0 Å². The second kappa shape index (κ2) is 4.22. The molecule has 0 bridgehead atoms. The number of nitrogens with zero attached hydrogens (tertiary/aromatic N) is 5. The van der Waals surface area contributed by atoms with Gasteiger partial charge in [0.2, 0.25) is 0 Å². The Kier molecular flexibility index (Phi) is 2.77. The zero-order chi connectivity index (χ0) is 10.7. The van der Waals surface area contributed by atoms with Gasteiger partial charge in [-0.1, -0.05) is 5.21 Å². The van der Waals surface area contributed by atoms with Crippen molar-refractivity contribution in [2.45, 2.75) is 26.1 Å². The third-order valence-corrected chi connectivity index (χ3v) is 2.14. The average molecular weight is 206 g/mol. The Bertz CT molecular complexity index is 402. The predicted molar refractivity (Wildman–Crippen MR) is 54.9 cm³/mol. The van der Waals surface area contributed by atoms with Crippen molar-refractivity contribution >= 4 is 0 Å². The number of aromatic nitrogens is 5. The molecule has 2 heterocycles. The summed E-state index contributed by atoms with van der Waals surface area (Å²) in [4.78, 5) is 0. The number of nitrogens with two attached hydrogens (primary N) is 1. The minimum Gasteiger partial charge on any atom is -0.323 e. The molecule has 0 amide bonds. The van der Waals surface area contributed by atoms with Gasteiger partial charge in [0, 0.05) is 18.4 Å². The fraction of sp³-hybridized carbons (Fsp3) is 0.444. The van der Waals surface area contributed by atoms with E-state index in [-0.39, 0.29) is 6.04 Å². The Hall–Kier alpha value is -1.69. The third kappa shape index (κ3) is 2.41. The highest BCUT2D eigenvalue weighted by atomic mass is 15.4. The molecule has 0 aliphatic carbocycles. The number of rotatable bonds is 4. The van der Waals surface area contributed by atoms with Crippen LogP contribution in [0.3, 0.4) is 0 Å². The van der Waals surface area contributed by atoms with E-state index < -0.39 is 0 Å². The van der Waals surface area contributed by atoms with Crippen molar-refractivity contribution in [1.29, 1.82) is 0 Å². The van der Waals surface area contributed by atoms with Crippen LogP contribution in [0.2, 0.25) is 0 Å². The largest absolute Gasteiger partial charge is 0.323 e. The molecule has 0 saturated carbocycles. The maximum absolute atomic E-state index is 5.68. The van der Waals surface area contributed by atoms with E-state index in [0.29, 0.717) is 0 Å². The first-order valence-corrected chi connectivity index (χ1v) is 4.89. The van der Waals surface area contributed by atoms with Crippen molar-refractivity contribution in [3.63, 3.8) is 0 Å². The van der Waals surface area contributed by atoms with Crippen molar-refractivity contribution in [2.75, 3.05) is 0 Å². The van der Waals surface area contributed by atoms with Crippen molar-refractivity contribution in [1.82, 2.24) is 24.8 Å². The first kappa shape index (κ1) is 9.85. The molecule has 6 nitrogen and oxygen atoms in total. The van der Waals surface area contributed by atoms with E-state index in [0.717, 1.165) is 18.8 Å². The highest BCUT2D eigenvalue weighted by Gasteiger charge is 2.04. The molecule has 0 radical (unpaired) electrons. The molecule has 0 saturated heterocycles. The van der Waals surface area contributed by atoms with Crippen molar-refractivity contribution in [3.05, 3.63) is 30.4 Å². The van der Waals surface area contributed by atoms with E-state index >= 15 is 0 Å². The molecule has 2 aromatic rings. The highest BCUT2D eigenvalue weighted by Crippen LogP contribution is 2.03. The van der Waals surface area contributed by atoms with E-state index in [1.54, 1.807) is 10.9 Å². The summed E-state index contributed by atoms with van der Waals surface area (Å²) >= 11 is 0. The van der Waals surface area contributed by atoms with E-state index in [1.165, 1.54) is 0 Å². The molecule has 1 atom stereocenters. The van der Waals surface area contributed by atoms with Gasteiger partial charge in [-0.25, -0.2) is 0 Å². The summed E-state index contributed by atoms with van der Waals surface area (Å²) < 4.78 is 3.63. The fourth-order valence-electron chi connectivity index (χ4n) is 1.27. The van der Waals surface area contributed by atoms with Crippen LogP contribution in [0.15, 0.2) is 24.7 Å². The molecule has 15 heavy (non-hydrogen) atoms. The molecular weight excluding hydrogens is 192 g/mol. The second-order valence-corrected chi connectivity index (χ2v) is 3.46. The SMILES string of the molecule is CC(N)c1cn(CCn2cccn2)nn1. The number of aryl methyl sites for hydroxylation is 2. The van der Waals surface area contributed by atoms with Gasteiger partial charge >= 0.3 is 0 Å². The van der Waals surface area contributed by atoms with Crippen LogP contribution < -0.4 is 5.73 Å². The summed E-state index contributed by atoms with van der Waals surface area (Å²) in [7, 11) is 0. The first-order chi connectivity index (χ1) is 7.25. The Morgan fingerprint density at radius 3 is 2.80 bits per heavy atom. The zero-order valence-corrected chi connectivity index (χ0v) is 8.61. The molecule has 6 heteroatoms. The molecule has 0 aromatic carbocycles. The maximum Gasteiger partial charge on any atom is 0.0991 e. The van der Waals surface area contributed by atoms with Crippen molar-refractivity contribution < 1.29 is 0 Å². The summed E-state index contributed by atoms with van der Waals surface area (Å²) in [6.45, 7) is 3.43. The van der Waals surface area contributed by atoms with Crippen LogP contribution in [-0.2, 0) is 13.1 Å². The van der Waals surface area contributed by atoms with Crippen molar-refractivity contribution in [3.8, 4) is 0 Å². The Morgan fingerprint density at radius 2 is 2.20 bits per heavy atom. The first-order valence-electron chi connectivity index (χ1n) is 4.89. The van der Waals surface area contributed by atoms with E-state index in [1.807, 2.05) is 30.1 Å². The lowest BCUT2D eigenvalue weighted by molar-refractivity contribution is 0.490. The minimum atomic E-state index is -0.0662. The predicted octanol–water partition coefficient (Wildman–Crippen LogP) is 0.194. The van der Waals surface area contributed by atoms with Crippen LogP contribution >= 0.6 is 0 Å². The fourth-order valence-corrected chi connectivity index (χ4v) is 1.27. The summed E-state index contributed by atoms with van der Waals surface area (Å²) in [6.07, 6.45) is 5.55. The monoisotopic (exact) mass is 206 g/mol. The topological polar surface area (TPSA) is 74.5 Å². The molecule has 2 N–H and O–H groups in total. The lowest BCUT2D eigenvalue weighted by atomic mass is 10.3. The molecule has 2 aromatic heterocycles. The van der Waals surface area contributed by atoms with Gasteiger partial charge in [0.05, 0.1) is 25.0 Å². The van der Waals surface area contributed by atoms with Gasteiger partial charge in [-0.3, -0.25) is 9.36 Å². The molecular formula is C9H14N6. The summed E-state index contributed by atoms with van der Waals surface area (Å²) in [5.41, 5.74) is 6.50. The molecule has 0 fully saturated rings. The van der Waals surface area contributed by atoms with Gasteiger partial charge in [-0.2, -0.15) is 5.10 Å². The molecule has 2 rings (SSSR count). The van der Waals surface area contributed by atoms with Gasteiger partial charge < -0.3 is 5.73 Å². The molecule has 0 spiro atoms. The summed E-state index contributed by atoms with van der Waals surface area (Å²) in [5.74, 6) is 0. The van der Waals surface area contributed by atoms with Crippen LogP contribution in [0.1, 0.15) is 18.7 Å². The van der Waals surface area contributed by atoms with Gasteiger partial charge in [0.1, 0.15) is 0 Å². The number of hydrogen-bond donors (Lipinski definition) is 1. The minimum absolute atomic E-state index is 0.0662. The lowest BCUT2D eigenvalue weighted by Crippen LogP contribution is -2.08. The van der Waals surface area contributed by atoms with Crippen molar-refractivity contribution in [2.24, 2.45) is 5.73 Å². The molecule has 0 aliphatic heterocycles. The number of hydrogen-bond acceptors (Lipinski definition) is 4. The van der Waals surface area contributed by atoms with Gasteiger partial charge in [0.25, 0.3) is 0 Å². The smallest absolute Gasteiger partial charge is 0.0991 e. The summed E-state index contributed by atoms with van der Waals surface area (Å²) in [5, 5.41) is 12.1. The maximum atomic E-state index is 5.68. The van der Waals surface area contributed by atoms with Crippen LogP contribution in [-0.4, -0.2) is 24.8 Å². The third-order valence-electron chi connectivity index (χ3n) is 2.14. The van der Waals surface area contributed by atoms with E-state index in [2.05, 4.69) is 15.4 Å². The zero-order valence-electron chi connectivity index (χ0n) is 8.61. The van der Waals surface area contributed by atoms with Gasteiger partial charge in [-0.05, 0) is 13.0 Å². The second-order valence-electron chi connectivity index (χ2n) is 3.46. The van der Waals surface area contributed by atoms with Crippen LogP contribution in [0, 0.1) is 0 Å². The van der Waals surface area contributed by atoms with E-state index in [9.17, 15) is 0 Å². The molecule has 80 valence electrons. The van der Waals surface area contributed by atoms with Crippen LogP contribution in [0.4, 0.5) is 0 Å². The Balaban J connectivity index is 1.94. The van der Waals surface area contributed by atoms with Crippen LogP contribution in [0.5, 0.6) is 0 Å². The molecule has 1 unspecified atom stereocenters. The highest BCUT2D eigenvalue weighted by molar-refractivity contribution is 4.97. The Labute approximate surface area is 87.7 Å². The summed E-state index contributed by atoms with van der Waals surface area (Å²) in [6, 6.07) is 1.83. The standard InChI is InChI=1S/C9H14N6/c1-8(10)9-7-15(13-12-9)6-5-14-4-2-3-11-14/h2-4,7-8H,5-6,10H2,1H3. The normalized spacial score (nSPS) is 12.9.